The standard InChI is InChI=1S/C18H25N5/c1-3-19-17-9-10-20-18(21-17)23-13-11-22(12-14-23)15(2)16-7-5-4-6-8-16/h4-10,15H,3,11-14H2,1-2H3,(H,19,20,21). The lowest BCUT2D eigenvalue weighted by Gasteiger charge is -2.38. The molecule has 0 radical (unpaired) electrons. The Bertz CT molecular complexity index is 608. The van der Waals surface area contributed by atoms with Crippen molar-refractivity contribution in [3.8, 4) is 0 Å². The zero-order valence-corrected chi connectivity index (χ0v) is 13.9. The summed E-state index contributed by atoms with van der Waals surface area (Å²) in [6.07, 6.45) is 1.83. The molecule has 23 heavy (non-hydrogen) atoms. The second kappa shape index (κ2) is 7.42. The SMILES string of the molecule is CCNc1ccnc(N2CCN(C(C)c3ccccc3)CC2)n1. The zero-order valence-electron chi connectivity index (χ0n) is 13.9. The van der Waals surface area contributed by atoms with Gasteiger partial charge in [0.05, 0.1) is 0 Å². The summed E-state index contributed by atoms with van der Waals surface area (Å²) in [6, 6.07) is 13.1. The van der Waals surface area contributed by atoms with Crippen LogP contribution in [0.4, 0.5) is 11.8 Å². The van der Waals surface area contributed by atoms with Crippen molar-refractivity contribution in [2.75, 3.05) is 42.9 Å². The van der Waals surface area contributed by atoms with Gasteiger partial charge in [-0.25, -0.2) is 4.98 Å². The lowest BCUT2D eigenvalue weighted by molar-refractivity contribution is 0.198. The largest absolute Gasteiger partial charge is 0.370 e. The number of nitrogens with zero attached hydrogens (tertiary/aromatic N) is 4. The fraction of sp³-hybridized carbons (Fsp3) is 0.444. The summed E-state index contributed by atoms with van der Waals surface area (Å²) in [4.78, 5) is 13.8. The van der Waals surface area contributed by atoms with Gasteiger partial charge in [-0.05, 0) is 25.5 Å². The van der Waals surface area contributed by atoms with Gasteiger partial charge < -0.3 is 10.2 Å². The lowest BCUT2D eigenvalue weighted by atomic mass is 10.1. The van der Waals surface area contributed by atoms with Crippen LogP contribution in [-0.2, 0) is 0 Å². The Labute approximate surface area is 138 Å². The molecule has 0 aliphatic carbocycles. The van der Waals surface area contributed by atoms with Gasteiger partial charge in [-0.1, -0.05) is 30.3 Å². The van der Waals surface area contributed by atoms with Crippen molar-refractivity contribution < 1.29 is 0 Å². The first-order valence-electron chi connectivity index (χ1n) is 8.39. The number of anilines is 2. The van der Waals surface area contributed by atoms with Crippen LogP contribution in [0.2, 0.25) is 0 Å². The molecular formula is C18H25N5. The molecule has 5 heteroatoms. The van der Waals surface area contributed by atoms with Crippen LogP contribution in [0.15, 0.2) is 42.6 Å². The summed E-state index contributed by atoms with van der Waals surface area (Å²) in [6.45, 7) is 9.23. The second-order valence-corrected chi connectivity index (χ2v) is 5.88. The van der Waals surface area contributed by atoms with Gasteiger partial charge in [-0.2, -0.15) is 4.98 Å². The van der Waals surface area contributed by atoms with Crippen LogP contribution in [0.3, 0.4) is 0 Å². The van der Waals surface area contributed by atoms with Gasteiger partial charge in [0.15, 0.2) is 0 Å². The number of aromatic nitrogens is 2. The Morgan fingerprint density at radius 1 is 1.09 bits per heavy atom. The molecule has 122 valence electrons. The van der Waals surface area contributed by atoms with Crippen molar-refractivity contribution in [2.45, 2.75) is 19.9 Å². The van der Waals surface area contributed by atoms with E-state index in [2.05, 4.69) is 69.3 Å². The van der Waals surface area contributed by atoms with Crippen molar-refractivity contribution in [3.63, 3.8) is 0 Å². The predicted octanol–water partition coefficient (Wildman–Crippen LogP) is 2.79. The normalized spacial score (nSPS) is 17.0. The van der Waals surface area contributed by atoms with Crippen molar-refractivity contribution in [1.29, 1.82) is 0 Å². The maximum Gasteiger partial charge on any atom is 0.227 e. The molecule has 1 N–H and O–H groups in total. The van der Waals surface area contributed by atoms with E-state index in [4.69, 9.17) is 0 Å². The molecule has 1 aliphatic heterocycles. The van der Waals surface area contributed by atoms with E-state index >= 15 is 0 Å². The van der Waals surface area contributed by atoms with Gasteiger partial charge in [0.2, 0.25) is 5.95 Å². The highest BCUT2D eigenvalue weighted by molar-refractivity contribution is 5.41. The number of benzene rings is 1. The molecule has 0 bridgehead atoms. The average Bonchev–Trinajstić information content (AvgIpc) is 2.62. The van der Waals surface area contributed by atoms with Crippen LogP contribution in [0, 0.1) is 0 Å². The maximum atomic E-state index is 4.60. The highest BCUT2D eigenvalue weighted by atomic mass is 15.3. The Morgan fingerprint density at radius 3 is 2.52 bits per heavy atom. The molecule has 1 unspecified atom stereocenters. The fourth-order valence-corrected chi connectivity index (χ4v) is 3.03. The van der Waals surface area contributed by atoms with E-state index in [9.17, 15) is 0 Å². The van der Waals surface area contributed by atoms with Gasteiger partial charge in [0.25, 0.3) is 0 Å². The van der Waals surface area contributed by atoms with E-state index in [0.717, 1.165) is 44.5 Å². The van der Waals surface area contributed by atoms with Crippen LogP contribution >= 0.6 is 0 Å². The molecule has 5 nitrogen and oxygen atoms in total. The summed E-state index contributed by atoms with van der Waals surface area (Å²) in [5.41, 5.74) is 1.38. The fourth-order valence-electron chi connectivity index (χ4n) is 3.03. The molecule has 1 fully saturated rings. The zero-order chi connectivity index (χ0) is 16.1. The van der Waals surface area contributed by atoms with Gasteiger partial charge in [0.1, 0.15) is 5.82 Å². The van der Waals surface area contributed by atoms with E-state index in [-0.39, 0.29) is 0 Å². The van der Waals surface area contributed by atoms with Crippen molar-refractivity contribution in [1.82, 2.24) is 14.9 Å². The molecule has 3 rings (SSSR count). The molecular weight excluding hydrogens is 286 g/mol. The number of hydrogen-bond donors (Lipinski definition) is 1. The third-order valence-electron chi connectivity index (χ3n) is 4.43. The minimum Gasteiger partial charge on any atom is -0.370 e. The Kier molecular flexibility index (Phi) is 5.08. The molecule has 1 atom stereocenters. The second-order valence-electron chi connectivity index (χ2n) is 5.88. The van der Waals surface area contributed by atoms with Crippen LogP contribution in [0.25, 0.3) is 0 Å². The quantitative estimate of drug-likeness (QED) is 0.920. The van der Waals surface area contributed by atoms with E-state index < -0.39 is 0 Å². The first-order chi connectivity index (χ1) is 11.3. The van der Waals surface area contributed by atoms with E-state index in [1.807, 2.05) is 12.3 Å². The Balaban J connectivity index is 1.61. The van der Waals surface area contributed by atoms with Crippen LogP contribution in [-0.4, -0.2) is 47.6 Å². The Hall–Kier alpha value is -2.14. The van der Waals surface area contributed by atoms with Crippen molar-refractivity contribution >= 4 is 11.8 Å². The third kappa shape index (κ3) is 3.79. The van der Waals surface area contributed by atoms with Crippen LogP contribution < -0.4 is 10.2 Å². The predicted molar refractivity (Wildman–Crippen MR) is 94.8 cm³/mol. The number of hydrogen-bond acceptors (Lipinski definition) is 5. The summed E-state index contributed by atoms with van der Waals surface area (Å²) in [5, 5.41) is 3.25. The highest BCUT2D eigenvalue weighted by Gasteiger charge is 2.23. The van der Waals surface area contributed by atoms with Crippen LogP contribution in [0.5, 0.6) is 0 Å². The summed E-state index contributed by atoms with van der Waals surface area (Å²) < 4.78 is 0. The smallest absolute Gasteiger partial charge is 0.227 e. The summed E-state index contributed by atoms with van der Waals surface area (Å²) >= 11 is 0. The molecule has 1 aliphatic rings. The van der Waals surface area contributed by atoms with Gasteiger partial charge >= 0.3 is 0 Å². The molecule has 0 saturated carbocycles. The summed E-state index contributed by atoms with van der Waals surface area (Å²) in [5.74, 6) is 1.73. The van der Waals surface area contributed by atoms with Gasteiger partial charge in [0, 0.05) is 45.0 Å². The first-order valence-corrected chi connectivity index (χ1v) is 8.39. The van der Waals surface area contributed by atoms with E-state index in [0.29, 0.717) is 6.04 Å². The first kappa shape index (κ1) is 15.7. The topological polar surface area (TPSA) is 44.3 Å². The third-order valence-corrected chi connectivity index (χ3v) is 4.43. The van der Waals surface area contributed by atoms with E-state index in [1.54, 1.807) is 0 Å². The molecule has 0 amide bonds. The maximum absolute atomic E-state index is 4.60. The van der Waals surface area contributed by atoms with Gasteiger partial charge in [-0.15, -0.1) is 0 Å². The summed E-state index contributed by atoms with van der Waals surface area (Å²) in [7, 11) is 0. The molecule has 1 aromatic heterocycles. The van der Waals surface area contributed by atoms with Gasteiger partial charge in [-0.3, -0.25) is 4.90 Å². The molecule has 1 saturated heterocycles. The molecule has 0 spiro atoms. The van der Waals surface area contributed by atoms with Crippen LogP contribution in [0.1, 0.15) is 25.5 Å². The van der Waals surface area contributed by atoms with Crippen molar-refractivity contribution in [2.24, 2.45) is 0 Å². The van der Waals surface area contributed by atoms with Crippen molar-refractivity contribution in [3.05, 3.63) is 48.2 Å². The van der Waals surface area contributed by atoms with E-state index in [1.165, 1.54) is 5.56 Å². The number of nitrogens with one attached hydrogen (secondary N) is 1. The highest BCUT2D eigenvalue weighted by Crippen LogP contribution is 2.22. The molecule has 2 aromatic rings. The number of rotatable bonds is 5. The minimum absolute atomic E-state index is 0.451. The lowest BCUT2D eigenvalue weighted by Crippen LogP contribution is -2.47. The molecule has 1 aromatic carbocycles. The monoisotopic (exact) mass is 311 g/mol. The molecule has 2 heterocycles. The minimum atomic E-state index is 0.451. The average molecular weight is 311 g/mol. The Morgan fingerprint density at radius 2 is 1.83 bits per heavy atom. The number of piperazine rings is 1.